The third-order valence-corrected chi connectivity index (χ3v) is 5.02. The van der Waals surface area contributed by atoms with Crippen molar-refractivity contribution in [2.75, 3.05) is 18.0 Å². The van der Waals surface area contributed by atoms with Gasteiger partial charge in [0.05, 0.1) is 12.0 Å². The van der Waals surface area contributed by atoms with E-state index in [4.69, 9.17) is 4.98 Å². The van der Waals surface area contributed by atoms with E-state index < -0.39 is 5.97 Å². The SMILES string of the molecule is O=C(O)c1ccc(-c2ccccc2)nc1N1CCCC(Cn2ccnc2)C1. The van der Waals surface area contributed by atoms with Crippen molar-refractivity contribution < 1.29 is 9.90 Å². The number of nitrogens with zero attached hydrogens (tertiary/aromatic N) is 4. The number of carboxylic acid groups (broad SMARTS) is 1. The van der Waals surface area contributed by atoms with Crippen LogP contribution in [-0.2, 0) is 6.54 Å². The van der Waals surface area contributed by atoms with Gasteiger partial charge in [-0.15, -0.1) is 0 Å². The zero-order valence-electron chi connectivity index (χ0n) is 15.0. The van der Waals surface area contributed by atoms with Crippen LogP contribution in [0.5, 0.6) is 0 Å². The number of piperidine rings is 1. The average Bonchev–Trinajstić information content (AvgIpc) is 3.21. The number of anilines is 1. The molecular weight excluding hydrogens is 340 g/mol. The minimum Gasteiger partial charge on any atom is -0.478 e. The molecule has 1 aliphatic rings. The largest absolute Gasteiger partial charge is 0.478 e. The summed E-state index contributed by atoms with van der Waals surface area (Å²) < 4.78 is 2.08. The number of imidazole rings is 1. The van der Waals surface area contributed by atoms with E-state index in [1.807, 2.05) is 42.9 Å². The summed E-state index contributed by atoms with van der Waals surface area (Å²) in [7, 11) is 0. The number of hydrogen-bond acceptors (Lipinski definition) is 4. The lowest BCUT2D eigenvalue weighted by atomic mass is 9.97. The molecule has 1 aromatic carbocycles. The molecule has 2 aromatic heterocycles. The Kier molecular flexibility index (Phi) is 4.87. The quantitative estimate of drug-likeness (QED) is 0.751. The summed E-state index contributed by atoms with van der Waals surface area (Å²) in [5.74, 6) is 0.0739. The van der Waals surface area contributed by atoms with Gasteiger partial charge in [-0.1, -0.05) is 30.3 Å². The molecule has 6 heteroatoms. The van der Waals surface area contributed by atoms with Gasteiger partial charge in [-0.25, -0.2) is 14.8 Å². The van der Waals surface area contributed by atoms with Gasteiger partial charge in [-0.3, -0.25) is 0 Å². The van der Waals surface area contributed by atoms with Crippen LogP contribution in [0, 0.1) is 5.92 Å². The molecule has 3 heterocycles. The highest BCUT2D eigenvalue weighted by Gasteiger charge is 2.25. The highest BCUT2D eigenvalue weighted by molar-refractivity contribution is 5.94. The van der Waals surface area contributed by atoms with Crippen LogP contribution in [0.3, 0.4) is 0 Å². The van der Waals surface area contributed by atoms with Crippen molar-refractivity contribution in [2.45, 2.75) is 19.4 Å². The van der Waals surface area contributed by atoms with Crippen molar-refractivity contribution in [2.24, 2.45) is 5.92 Å². The van der Waals surface area contributed by atoms with E-state index in [9.17, 15) is 9.90 Å². The van der Waals surface area contributed by atoms with E-state index >= 15 is 0 Å². The molecule has 138 valence electrons. The first-order valence-electron chi connectivity index (χ1n) is 9.21. The number of pyridine rings is 1. The minimum atomic E-state index is -0.936. The predicted molar refractivity (Wildman–Crippen MR) is 104 cm³/mol. The summed E-state index contributed by atoms with van der Waals surface area (Å²) >= 11 is 0. The van der Waals surface area contributed by atoms with Crippen molar-refractivity contribution in [1.82, 2.24) is 14.5 Å². The second kappa shape index (κ2) is 7.61. The molecule has 4 rings (SSSR count). The molecule has 3 aromatic rings. The first kappa shape index (κ1) is 17.3. The molecule has 1 N–H and O–H groups in total. The maximum absolute atomic E-state index is 11.8. The van der Waals surface area contributed by atoms with Crippen LogP contribution >= 0.6 is 0 Å². The molecule has 0 aliphatic carbocycles. The first-order chi connectivity index (χ1) is 13.2. The number of rotatable bonds is 5. The van der Waals surface area contributed by atoms with Gasteiger partial charge in [0.15, 0.2) is 0 Å². The second-order valence-electron chi connectivity index (χ2n) is 6.95. The molecule has 1 unspecified atom stereocenters. The molecule has 1 aliphatic heterocycles. The van der Waals surface area contributed by atoms with E-state index in [0.717, 1.165) is 43.7 Å². The molecule has 0 spiro atoms. The van der Waals surface area contributed by atoms with Crippen molar-refractivity contribution >= 4 is 11.8 Å². The van der Waals surface area contributed by atoms with Gasteiger partial charge >= 0.3 is 5.97 Å². The lowest BCUT2D eigenvalue weighted by molar-refractivity contribution is 0.0697. The minimum absolute atomic E-state index is 0.262. The van der Waals surface area contributed by atoms with Crippen molar-refractivity contribution in [3.05, 3.63) is 66.7 Å². The Labute approximate surface area is 158 Å². The van der Waals surface area contributed by atoms with Crippen LogP contribution in [0.25, 0.3) is 11.3 Å². The highest BCUT2D eigenvalue weighted by Crippen LogP contribution is 2.28. The van der Waals surface area contributed by atoms with Crippen LogP contribution < -0.4 is 4.90 Å². The first-order valence-corrected chi connectivity index (χ1v) is 9.21. The molecule has 6 nitrogen and oxygen atoms in total. The van der Waals surface area contributed by atoms with E-state index in [0.29, 0.717) is 11.7 Å². The molecule has 1 atom stereocenters. The van der Waals surface area contributed by atoms with Gasteiger partial charge in [0, 0.05) is 37.6 Å². The molecule has 0 saturated carbocycles. The zero-order valence-corrected chi connectivity index (χ0v) is 15.0. The van der Waals surface area contributed by atoms with Crippen LogP contribution in [0.4, 0.5) is 5.82 Å². The molecule has 1 fully saturated rings. The molecule has 27 heavy (non-hydrogen) atoms. The van der Waals surface area contributed by atoms with Gasteiger partial charge in [0.25, 0.3) is 0 Å². The average molecular weight is 362 g/mol. The number of benzene rings is 1. The van der Waals surface area contributed by atoms with Crippen molar-refractivity contribution in [3.8, 4) is 11.3 Å². The number of carboxylic acids is 1. The second-order valence-corrected chi connectivity index (χ2v) is 6.95. The molecule has 0 radical (unpaired) electrons. The summed E-state index contributed by atoms with van der Waals surface area (Å²) in [5.41, 5.74) is 2.05. The van der Waals surface area contributed by atoms with Crippen LogP contribution in [0.15, 0.2) is 61.2 Å². The van der Waals surface area contributed by atoms with Crippen LogP contribution in [0.2, 0.25) is 0 Å². The highest BCUT2D eigenvalue weighted by atomic mass is 16.4. The van der Waals surface area contributed by atoms with Crippen LogP contribution in [-0.4, -0.2) is 38.7 Å². The summed E-state index contributed by atoms with van der Waals surface area (Å²) in [6.45, 7) is 2.51. The van der Waals surface area contributed by atoms with E-state index in [-0.39, 0.29) is 5.56 Å². The Hall–Kier alpha value is -3.15. The smallest absolute Gasteiger partial charge is 0.339 e. The van der Waals surface area contributed by atoms with Crippen molar-refractivity contribution in [3.63, 3.8) is 0 Å². The summed E-state index contributed by atoms with van der Waals surface area (Å²) in [4.78, 5) is 22.7. The monoisotopic (exact) mass is 362 g/mol. The lowest BCUT2D eigenvalue weighted by Gasteiger charge is -2.34. The topological polar surface area (TPSA) is 71.2 Å². The number of aromatic nitrogens is 3. The van der Waals surface area contributed by atoms with Gasteiger partial charge in [0.2, 0.25) is 0 Å². The van der Waals surface area contributed by atoms with Gasteiger partial charge in [0.1, 0.15) is 11.4 Å². The summed E-state index contributed by atoms with van der Waals surface area (Å²) in [5, 5.41) is 9.65. The fourth-order valence-electron chi connectivity index (χ4n) is 3.73. The zero-order chi connectivity index (χ0) is 18.6. The standard InChI is InChI=1S/C21H22N4O2/c26-21(27)18-8-9-19(17-6-2-1-3-7-17)23-20(18)25-11-4-5-16(14-25)13-24-12-10-22-15-24/h1-3,6-10,12,15-16H,4-5,11,13-14H2,(H,26,27). The Morgan fingerprint density at radius 2 is 2.04 bits per heavy atom. The summed E-state index contributed by atoms with van der Waals surface area (Å²) in [6, 6.07) is 13.3. The Morgan fingerprint density at radius 3 is 2.78 bits per heavy atom. The Bertz CT molecular complexity index is 909. The number of hydrogen-bond donors (Lipinski definition) is 1. The molecule has 0 amide bonds. The lowest BCUT2D eigenvalue weighted by Crippen LogP contribution is -2.38. The predicted octanol–water partition coefficient (Wildman–Crippen LogP) is 3.56. The molecular formula is C21H22N4O2. The van der Waals surface area contributed by atoms with Gasteiger partial charge in [-0.2, -0.15) is 0 Å². The third kappa shape index (κ3) is 3.84. The third-order valence-electron chi connectivity index (χ3n) is 5.02. The number of aromatic carboxylic acids is 1. The fraction of sp³-hybridized carbons (Fsp3) is 0.286. The van der Waals surface area contributed by atoms with E-state index in [1.165, 1.54) is 0 Å². The fourth-order valence-corrected chi connectivity index (χ4v) is 3.73. The normalized spacial score (nSPS) is 17.0. The molecule has 0 bridgehead atoms. The van der Waals surface area contributed by atoms with Crippen molar-refractivity contribution in [1.29, 1.82) is 0 Å². The number of carbonyl (C=O) groups is 1. The maximum Gasteiger partial charge on any atom is 0.339 e. The Morgan fingerprint density at radius 1 is 1.19 bits per heavy atom. The summed E-state index contributed by atoms with van der Waals surface area (Å²) in [6.07, 6.45) is 7.73. The van der Waals surface area contributed by atoms with E-state index in [2.05, 4.69) is 14.5 Å². The van der Waals surface area contributed by atoms with Gasteiger partial charge < -0.3 is 14.6 Å². The maximum atomic E-state index is 11.8. The van der Waals surface area contributed by atoms with Gasteiger partial charge in [-0.05, 0) is 30.9 Å². The molecule has 1 saturated heterocycles. The Balaban J connectivity index is 1.63. The van der Waals surface area contributed by atoms with E-state index in [1.54, 1.807) is 18.3 Å². The van der Waals surface area contributed by atoms with Crippen LogP contribution in [0.1, 0.15) is 23.2 Å².